The summed E-state index contributed by atoms with van der Waals surface area (Å²) < 4.78 is 65.0. The number of sulfonamides is 1. The van der Waals surface area contributed by atoms with Gasteiger partial charge in [-0.15, -0.1) is 0 Å². The van der Waals surface area contributed by atoms with Gasteiger partial charge in [-0.2, -0.15) is 0 Å². The van der Waals surface area contributed by atoms with Gasteiger partial charge in [0, 0.05) is 12.4 Å². The Balaban J connectivity index is 2.55. The fourth-order valence-corrected chi connectivity index (χ4v) is 3.43. The van der Waals surface area contributed by atoms with Gasteiger partial charge in [-0.1, -0.05) is 0 Å². The number of benzene rings is 1. The smallest absolute Gasteiger partial charge is 0.306 e. The van der Waals surface area contributed by atoms with Crippen LogP contribution >= 0.6 is 0 Å². The zero-order chi connectivity index (χ0) is 17.4. The zero-order valence-corrected chi connectivity index (χ0v) is 12.0. The van der Waals surface area contributed by atoms with E-state index in [2.05, 4.69) is 5.32 Å². The highest BCUT2D eigenvalue weighted by atomic mass is 32.2. The Bertz CT molecular complexity index is 809. The molecule has 1 aliphatic rings. The molecule has 1 unspecified atom stereocenters. The molecule has 1 amide bonds. The predicted octanol–water partition coefficient (Wildman–Crippen LogP) is 0.539. The molecular weight excluding hydrogens is 341 g/mol. The first-order chi connectivity index (χ1) is 10.7. The summed E-state index contributed by atoms with van der Waals surface area (Å²) in [6, 6.07) is -0.804. The quantitative estimate of drug-likeness (QED) is 0.772. The molecule has 1 aliphatic heterocycles. The van der Waals surface area contributed by atoms with E-state index in [-0.39, 0.29) is 4.31 Å². The predicted molar refractivity (Wildman–Crippen MR) is 68.7 cm³/mol. The van der Waals surface area contributed by atoms with Crippen molar-refractivity contribution in [2.75, 3.05) is 0 Å². The molecule has 0 aliphatic carbocycles. The van der Waals surface area contributed by atoms with Crippen molar-refractivity contribution in [2.45, 2.75) is 17.4 Å². The summed E-state index contributed by atoms with van der Waals surface area (Å²) in [6.45, 7) is 0. The first-order valence-corrected chi connectivity index (χ1v) is 7.46. The van der Waals surface area contributed by atoms with Gasteiger partial charge in [-0.3, -0.25) is 13.9 Å². The van der Waals surface area contributed by atoms with Crippen LogP contribution in [0.4, 0.5) is 13.2 Å². The fourth-order valence-electron chi connectivity index (χ4n) is 1.93. The van der Waals surface area contributed by atoms with Gasteiger partial charge >= 0.3 is 5.97 Å². The Morgan fingerprint density at radius 3 is 2.52 bits per heavy atom. The number of aliphatic carboxylic acids is 1. The molecule has 2 rings (SSSR count). The van der Waals surface area contributed by atoms with Gasteiger partial charge in [-0.25, -0.2) is 21.6 Å². The van der Waals surface area contributed by atoms with Crippen LogP contribution in [-0.4, -0.2) is 35.7 Å². The van der Waals surface area contributed by atoms with Crippen LogP contribution in [0.2, 0.25) is 0 Å². The van der Waals surface area contributed by atoms with Crippen LogP contribution in [0.15, 0.2) is 29.4 Å². The number of hydrogen-bond acceptors (Lipinski definition) is 4. The summed E-state index contributed by atoms with van der Waals surface area (Å²) in [4.78, 5) is 21.2. The van der Waals surface area contributed by atoms with Crippen molar-refractivity contribution in [3.05, 3.63) is 42.0 Å². The lowest BCUT2D eigenvalue weighted by Crippen LogP contribution is -2.50. The van der Waals surface area contributed by atoms with Crippen molar-refractivity contribution in [3.63, 3.8) is 0 Å². The van der Waals surface area contributed by atoms with Crippen LogP contribution in [0.1, 0.15) is 6.42 Å². The molecule has 0 fully saturated rings. The van der Waals surface area contributed by atoms with Gasteiger partial charge in [0.15, 0.2) is 17.5 Å². The maximum Gasteiger partial charge on any atom is 0.306 e. The number of halogens is 3. The van der Waals surface area contributed by atoms with Crippen LogP contribution < -0.4 is 5.32 Å². The largest absolute Gasteiger partial charge is 0.481 e. The lowest BCUT2D eigenvalue weighted by Gasteiger charge is -2.30. The second kappa shape index (κ2) is 5.91. The second-order valence-corrected chi connectivity index (χ2v) is 6.26. The van der Waals surface area contributed by atoms with E-state index in [0.29, 0.717) is 12.1 Å². The number of carboxylic acids is 1. The molecule has 0 aromatic heterocycles. The Labute approximate surface area is 128 Å². The van der Waals surface area contributed by atoms with Crippen molar-refractivity contribution < 1.29 is 36.3 Å². The number of nitrogens with one attached hydrogen (secondary N) is 1. The fraction of sp³-hybridized carbons (Fsp3) is 0.167. The first kappa shape index (κ1) is 16.8. The Hall–Kier alpha value is -2.56. The third kappa shape index (κ3) is 2.99. The number of carbonyl (C=O) groups excluding carboxylic acids is 1. The van der Waals surface area contributed by atoms with Gasteiger partial charge in [0.25, 0.3) is 10.0 Å². The van der Waals surface area contributed by atoms with Crippen LogP contribution in [0.5, 0.6) is 0 Å². The second-order valence-electron chi connectivity index (χ2n) is 4.45. The van der Waals surface area contributed by atoms with Gasteiger partial charge < -0.3 is 10.4 Å². The van der Waals surface area contributed by atoms with E-state index in [9.17, 15) is 31.2 Å². The third-order valence-electron chi connectivity index (χ3n) is 2.98. The summed E-state index contributed by atoms with van der Waals surface area (Å²) in [5.74, 6) is -7.98. The molecule has 0 saturated heterocycles. The van der Waals surface area contributed by atoms with Crippen LogP contribution in [-0.2, 0) is 19.6 Å². The van der Waals surface area contributed by atoms with Gasteiger partial charge in [-0.05, 0) is 12.1 Å². The topological polar surface area (TPSA) is 104 Å². The van der Waals surface area contributed by atoms with Crippen molar-refractivity contribution in [1.82, 2.24) is 9.62 Å². The lowest BCUT2D eigenvalue weighted by atomic mass is 10.2. The molecule has 124 valence electrons. The molecule has 7 nitrogen and oxygen atoms in total. The van der Waals surface area contributed by atoms with Gasteiger partial charge in [0.05, 0.1) is 6.42 Å². The van der Waals surface area contributed by atoms with Gasteiger partial charge in [0.2, 0.25) is 5.91 Å². The van der Waals surface area contributed by atoms with E-state index in [1.54, 1.807) is 0 Å². The van der Waals surface area contributed by atoms with E-state index < -0.39 is 56.7 Å². The molecule has 0 radical (unpaired) electrons. The monoisotopic (exact) mass is 350 g/mol. The van der Waals surface area contributed by atoms with Gasteiger partial charge in [0.1, 0.15) is 10.9 Å². The van der Waals surface area contributed by atoms with E-state index in [4.69, 9.17) is 5.11 Å². The summed E-state index contributed by atoms with van der Waals surface area (Å²) in [7, 11) is -4.82. The maximum absolute atomic E-state index is 13.7. The van der Waals surface area contributed by atoms with E-state index in [0.717, 1.165) is 12.4 Å². The normalized spacial score (nSPS) is 18.0. The number of rotatable bonds is 4. The van der Waals surface area contributed by atoms with E-state index >= 15 is 0 Å². The van der Waals surface area contributed by atoms with Crippen LogP contribution in [0.3, 0.4) is 0 Å². The molecule has 1 aromatic carbocycles. The van der Waals surface area contributed by atoms with Crippen molar-refractivity contribution >= 4 is 21.9 Å². The molecule has 0 spiro atoms. The molecule has 1 atom stereocenters. The lowest BCUT2D eigenvalue weighted by molar-refractivity contribution is -0.140. The minimum atomic E-state index is -4.82. The molecule has 1 heterocycles. The van der Waals surface area contributed by atoms with Crippen LogP contribution in [0.25, 0.3) is 0 Å². The average molecular weight is 350 g/mol. The Kier molecular flexibility index (Phi) is 4.32. The Morgan fingerprint density at radius 1 is 1.26 bits per heavy atom. The molecule has 11 heteroatoms. The maximum atomic E-state index is 13.7. The van der Waals surface area contributed by atoms with Crippen molar-refractivity contribution in [2.24, 2.45) is 0 Å². The van der Waals surface area contributed by atoms with Crippen LogP contribution in [0, 0.1) is 17.5 Å². The molecular formula is C12H9F3N2O5S. The number of carboxylic acid groups (broad SMARTS) is 1. The average Bonchev–Trinajstić information content (AvgIpc) is 2.46. The summed E-state index contributed by atoms with van der Waals surface area (Å²) >= 11 is 0. The molecule has 23 heavy (non-hydrogen) atoms. The zero-order valence-electron chi connectivity index (χ0n) is 11.2. The standard InChI is InChI=1S/C12H9F3N2O5S/c13-6-1-2-8(11(15)10(6)14)23(21,22)17-4-3-16-12(20)7(17)5-9(18)19/h1-4,7H,5H2,(H,16,20)(H,18,19). The first-order valence-electron chi connectivity index (χ1n) is 6.02. The molecule has 2 N–H and O–H groups in total. The Morgan fingerprint density at radius 2 is 1.91 bits per heavy atom. The third-order valence-corrected chi connectivity index (χ3v) is 4.78. The number of amides is 1. The highest BCUT2D eigenvalue weighted by molar-refractivity contribution is 7.89. The number of carbonyl (C=O) groups is 2. The van der Waals surface area contributed by atoms with Crippen molar-refractivity contribution in [1.29, 1.82) is 0 Å². The molecule has 0 saturated carbocycles. The highest BCUT2D eigenvalue weighted by Gasteiger charge is 2.38. The number of nitrogens with zero attached hydrogens (tertiary/aromatic N) is 1. The highest BCUT2D eigenvalue weighted by Crippen LogP contribution is 2.26. The minimum Gasteiger partial charge on any atom is -0.481 e. The summed E-state index contributed by atoms with van der Waals surface area (Å²) in [5.41, 5.74) is 0. The summed E-state index contributed by atoms with van der Waals surface area (Å²) in [5, 5.41) is 10.9. The molecule has 0 bridgehead atoms. The molecule has 1 aromatic rings. The number of hydrogen-bond donors (Lipinski definition) is 2. The minimum absolute atomic E-state index is 0.287. The van der Waals surface area contributed by atoms with Crippen molar-refractivity contribution in [3.8, 4) is 0 Å². The van der Waals surface area contributed by atoms with E-state index in [1.165, 1.54) is 0 Å². The summed E-state index contributed by atoms with van der Waals surface area (Å²) in [6.07, 6.45) is 0.793. The van der Waals surface area contributed by atoms with E-state index in [1.807, 2.05) is 0 Å². The SMILES string of the molecule is O=C(O)CC1C(=O)NC=CN1S(=O)(=O)c1ccc(F)c(F)c1F.